The van der Waals surface area contributed by atoms with Gasteiger partial charge in [0.05, 0.1) is 124 Å². The van der Waals surface area contributed by atoms with Gasteiger partial charge in [-0.25, -0.2) is 0 Å². The van der Waals surface area contributed by atoms with Crippen LogP contribution in [-0.2, 0) is 52.3 Å². The second-order valence-electron chi connectivity index (χ2n) is 16.6. The van der Waals surface area contributed by atoms with Crippen LogP contribution in [0.5, 0.6) is 0 Å². The van der Waals surface area contributed by atoms with E-state index in [2.05, 4.69) is 28.2 Å². The summed E-state index contributed by atoms with van der Waals surface area (Å²) in [6, 6.07) is 0. The highest BCUT2D eigenvalue weighted by Crippen LogP contribution is 2.21. The summed E-state index contributed by atoms with van der Waals surface area (Å²) in [7, 11) is 0. The van der Waals surface area contributed by atoms with Gasteiger partial charge in [-0.2, -0.15) is 0 Å². The van der Waals surface area contributed by atoms with Crippen molar-refractivity contribution in [2.75, 3.05) is 158 Å². The first-order valence-electron chi connectivity index (χ1n) is 24.7. The van der Waals surface area contributed by atoms with Gasteiger partial charge in [0.15, 0.2) is 0 Å². The van der Waals surface area contributed by atoms with Gasteiger partial charge in [-0.1, -0.05) is 39.0 Å². The van der Waals surface area contributed by atoms with Crippen molar-refractivity contribution >= 4 is 17.7 Å². The van der Waals surface area contributed by atoms with Crippen LogP contribution in [0.2, 0.25) is 0 Å². The average Bonchev–Trinajstić information content (AvgIpc) is 3.34. The highest BCUT2D eigenvalue weighted by molar-refractivity contribution is 5.76. The van der Waals surface area contributed by atoms with Gasteiger partial charge in [-0.3, -0.25) is 14.4 Å². The van der Waals surface area contributed by atoms with Gasteiger partial charge in [-0.05, 0) is 32.1 Å². The molecule has 3 amide bonds. The molecule has 0 fully saturated rings. The van der Waals surface area contributed by atoms with Crippen LogP contribution in [-0.4, -0.2) is 236 Å². The molecule has 0 aromatic carbocycles. The number of unbranched alkanes of at least 4 members (excludes halogenated alkanes) is 7. The molecule has 11 N–H and O–H groups in total. The molecule has 22 heteroatoms. The molecule has 4 atom stereocenters. The Labute approximate surface area is 404 Å². The number of rotatable bonds is 53. The first-order valence-corrected chi connectivity index (χ1v) is 24.7. The lowest BCUT2D eigenvalue weighted by molar-refractivity contribution is -0.122. The highest BCUT2D eigenvalue weighted by Gasteiger charge is 2.33. The molecule has 22 nitrogen and oxygen atoms in total. The molecule has 0 aliphatic heterocycles. The van der Waals surface area contributed by atoms with Gasteiger partial charge in [0.2, 0.25) is 17.7 Å². The van der Waals surface area contributed by atoms with E-state index in [0.717, 1.165) is 38.5 Å². The summed E-state index contributed by atoms with van der Waals surface area (Å²) in [6.07, 6.45) is 3.41. The summed E-state index contributed by atoms with van der Waals surface area (Å²) in [5, 5.41) is 77.6. The second-order valence-corrected chi connectivity index (χ2v) is 16.6. The Bertz CT molecular complexity index is 1050. The normalized spacial score (nSPS) is 13.6. The number of hydrogen-bond acceptors (Lipinski definition) is 19. The number of aliphatic hydroxyl groups excluding tert-OH is 7. The Morgan fingerprint density at radius 1 is 0.426 bits per heavy atom. The van der Waals surface area contributed by atoms with E-state index in [4.69, 9.17) is 53.2 Å². The number of amides is 3. The number of nitrogens with one attached hydrogen (secondary N) is 4. The van der Waals surface area contributed by atoms with Crippen LogP contribution in [0, 0.1) is 5.41 Å². The molecule has 68 heavy (non-hydrogen) atoms. The number of carbonyl (C=O) groups excluding carboxylic acids is 3. The Morgan fingerprint density at radius 2 is 0.765 bits per heavy atom. The van der Waals surface area contributed by atoms with Crippen molar-refractivity contribution in [2.24, 2.45) is 5.41 Å². The van der Waals surface area contributed by atoms with E-state index in [9.17, 15) is 34.8 Å². The van der Waals surface area contributed by atoms with Gasteiger partial charge >= 0.3 is 0 Å². The van der Waals surface area contributed by atoms with Crippen LogP contribution in [0.15, 0.2) is 0 Å². The standard InChI is InChI=1S/C46H92N4O18/c1-2-3-4-7-12-41(56)48-16-22-62-26-30-66-36-46(37-67-31-27-63-23-17-49-42(57)13-8-5-10-19-51,38-68-32-28-64-24-18-50-43(58)14-9-6-11-20-52)35-65-29-25-61-21-15-47-33-39(54)44(59)45(60)40(55)34-53/h39-40,44-45,47,51-55,59-60H,2-38H2,1H3,(H,48,56)(H,49,57)(H,50,58)/t39-,40-,44+,45-/m0/s1. The zero-order valence-electron chi connectivity index (χ0n) is 41.1. The molecule has 0 heterocycles. The van der Waals surface area contributed by atoms with Crippen molar-refractivity contribution in [3.8, 4) is 0 Å². The third-order valence-corrected chi connectivity index (χ3v) is 10.3. The summed E-state index contributed by atoms with van der Waals surface area (Å²) >= 11 is 0. The van der Waals surface area contributed by atoms with E-state index in [0.29, 0.717) is 90.9 Å². The van der Waals surface area contributed by atoms with Gasteiger partial charge < -0.3 is 94.9 Å². The number of hydrogen-bond donors (Lipinski definition) is 11. The largest absolute Gasteiger partial charge is 0.396 e. The fourth-order valence-electron chi connectivity index (χ4n) is 6.28. The van der Waals surface area contributed by atoms with Crippen molar-refractivity contribution in [3.63, 3.8) is 0 Å². The zero-order chi connectivity index (χ0) is 50.2. The fraction of sp³-hybridized carbons (Fsp3) is 0.935. The van der Waals surface area contributed by atoms with Crippen molar-refractivity contribution < 1.29 is 88.0 Å². The number of ether oxygens (including phenoxy) is 8. The predicted molar refractivity (Wildman–Crippen MR) is 252 cm³/mol. The summed E-state index contributed by atoms with van der Waals surface area (Å²) in [4.78, 5) is 36.2. The molecule has 0 bridgehead atoms. The molecular weight excluding hydrogens is 897 g/mol. The molecule has 0 spiro atoms. The predicted octanol–water partition coefficient (Wildman–Crippen LogP) is -1.44. The van der Waals surface area contributed by atoms with E-state index in [1.807, 2.05) is 0 Å². The molecule has 0 rings (SSSR count). The number of carbonyl (C=O) groups is 3. The first kappa shape index (κ1) is 65.8. The molecule has 0 unspecified atom stereocenters. The molecule has 0 aliphatic rings. The zero-order valence-corrected chi connectivity index (χ0v) is 41.1. The van der Waals surface area contributed by atoms with Crippen molar-refractivity contribution in [1.29, 1.82) is 0 Å². The van der Waals surface area contributed by atoms with Gasteiger partial charge in [0.25, 0.3) is 0 Å². The SMILES string of the molecule is CCCCCCC(=O)NCCOCCOCC(COCCOCCNC[C@H](O)[C@@H](O)[C@@H](O)[C@@H](O)CO)(COCCOCCNC(=O)CCCCCO)COCCOCCNC(=O)CCCCCO. The van der Waals surface area contributed by atoms with E-state index in [-0.39, 0.29) is 123 Å². The van der Waals surface area contributed by atoms with Gasteiger partial charge in [-0.15, -0.1) is 0 Å². The molecule has 0 aromatic rings. The molecule has 0 aliphatic carbocycles. The third-order valence-electron chi connectivity index (χ3n) is 10.3. The number of aliphatic hydroxyl groups is 7. The summed E-state index contributed by atoms with van der Waals surface area (Å²) in [5.41, 5.74) is -0.799. The Kier molecular flexibility index (Phi) is 46.8. The Morgan fingerprint density at radius 3 is 1.12 bits per heavy atom. The lowest BCUT2D eigenvalue weighted by Gasteiger charge is -2.33. The minimum absolute atomic E-state index is 0.00946. The van der Waals surface area contributed by atoms with E-state index in [1.54, 1.807) is 0 Å². The molecular formula is C46H92N4O18. The monoisotopic (exact) mass is 989 g/mol. The third kappa shape index (κ3) is 40.5. The van der Waals surface area contributed by atoms with E-state index in [1.165, 1.54) is 0 Å². The minimum Gasteiger partial charge on any atom is -0.396 e. The maximum absolute atomic E-state index is 12.1. The maximum Gasteiger partial charge on any atom is 0.220 e. The van der Waals surface area contributed by atoms with E-state index < -0.39 is 36.4 Å². The summed E-state index contributed by atoms with van der Waals surface area (Å²) in [6.45, 7) is 6.72. The lowest BCUT2D eigenvalue weighted by Crippen LogP contribution is -2.49. The molecule has 0 saturated heterocycles. The highest BCUT2D eigenvalue weighted by atomic mass is 16.6. The smallest absolute Gasteiger partial charge is 0.220 e. The maximum atomic E-state index is 12.1. The minimum atomic E-state index is -1.71. The second kappa shape index (κ2) is 48.4. The van der Waals surface area contributed by atoms with Crippen LogP contribution in [0.1, 0.15) is 90.4 Å². The lowest BCUT2D eigenvalue weighted by atomic mass is 9.92. The quantitative estimate of drug-likeness (QED) is 0.0311. The van der Waals surface area contributed by atoms with Crippen molar-refractivity contribution in [3.05, 3.63) is 0 Å². The first-order chi connectivity index (χ1) is 33.1. The van der Waals surface area contributed by atoms with Crippen LogP contribution in [0.4, 0.5) is 0 Å². The van der Waals surface area contributed by atoms with Crippen molar-refractivity contribution in [1.82, 2.24) is 21.3 Å². The topological polar surface area (TPSA) is 315 Å². The van der Waals surface area contributed by atoms with Crippen LogP contribution < -0.4 is 21.3 Å². The average molecular weight is 989 g/mol. The Hall–Kier alpha value is -2.23. The van der Waals surface area contributed by atoms with Gasteiger partial charge in [0, 0.05) is 65.2 Å². The molecule has 0 aromatic heterocycles. The Balaban J connectivity index is 5.27. The molecule has 0 radical (unpaired) electrons. The molecule has 404 valence electrons. The van der Waals surface area contributed by atoms with E-state index >= 15 is 0 Å². The van der Waals surface area contributed by atoms with Crippen molar-refractivity contribution in [2.45, 2.75) is 115 Å². The van der Waals surface area contributed by atoms with Crippen LogP contribution in [0.25, 0.3) is 0 Å². The summed E-state index contributed by atoms with van der Waals surface area (Å²) in [5.74, 6) is -0.122. The fourth-order valence-corrected chi connectivity index (χ4v) is 6.28. The summed E-state index contributed by atoms with van der Waals surface area (Å²) < 4.78 is 47.1. The van der Waals surface area contributed by atoms with Crippen LogP contribution in [0.3, 0.4) is 0 Å². The van der Waals surface area contributed by atoms with Crippen LogP contribution >= 0.6 is 0 Å². The van der Waals surface area contributed by atoms with Gasteiger partial charge in [0.1, 0.15) is 18.3 Å². The molecule has 0 saturated carbocycles.